The Kier molecular flexibility index (Phi) is 4.85. The fraction of sp³-hybridized carbons (Fsp3) is 0.167. The first kappa shape index (κ1) is 17.8. The van der Waals surface area contributed by atoms with Gasteiger partial charge in [0.2, 0.25) is 0 Å². The molecule has 1 N–H and O–H groups in total. The van der Waals surface area contributed by atoms with Crippen LogP contribution >= 0.6 is 0 Å². The smallest absolute Gasteiger partial charge is 0.276 e. The van der Waals surface area contributed by atoms with Gasteiger partial charge in [0.15, 0.2) is 11.5 Å². The van der Waals surface area contributed by atoms with Gasteiger partial charge in [-0.1, -0.05) is 18.2 Å². The van der Waals surface area contributed by atoms with Gasteiger partial charge in [0.25, 0.3) is 10.0 Å². The number of rotatable bonds is 6. The van der Waals surface area contributed by atoms with E-state index in [1.54, 1.807) is 0 Å². The summed E-state index contributed by atoms with van der Waals surface area (Å²) >= 11 is 0. The zero-order valence-corrected chi connectivity index (χ0v) is 15.4. The fourth-order valence-electron chi connectivity index (χ4n) is 2.68. The zero-order valence-electron chi connectivity index (χ0n) is 14.6. The molecular formula is C18H19N3O4S. The second-order valence-corrected chi connectivity index (χ2v) is 7.24. The van der Waals surface area contributed by atoms with Gasteiger partial charge in [-0.3, -0.25) is 0 Å². The molecule has 26 heavy (non-hydrogen) atoms. The third-order valence-electron chi connectivity index (χ3n) is 3.97. The molecule has 0 aliphatic carbocycles. The average Bonchev–Trinajstić information content (AvgIpc) is 2.97. The van der Waals surface area contributed by atoms with E-state index in [9.17, 15) is 8.42 Å². The molecule has 3 aromatic rings. The van der Waals surface area contributed by atoms with Gasteiger partial charge in [0.1, 0.15) is 0 Å². The number of aryl methyl sites for hydroxylation is 1. The highest BCUT2D eigenvalue weighted by Crippen LogP contribution is 2.29. The maximum Gasteiger partial charge on any atom is 0.276 e. The molecule has 0 saturated carbocycles. The predicted octanol–water partition coefficient (Wildman–Crippen LogP) is 2.51. The Bertz CT molecular complexity index is 1070. The minimum atomic E-state index is -3.82. The van der Waals surface area contributed by atoms with Gasteiger partial charge in [-0.15, -0.1) is 0 Å². The highest BCUT2D eigenvalue weighted by Gasteiger charge is 2.16. The molecule has 0 bridgehead atoms. The summed E-state index contributed by atoms with van der Waals surface area (Å²) in [7, 11) is 1.03. The molecule has 1 aromatic heterocycles. The summed E-state index contributed by atoms with van der Waals surface area (Å²) in [6.07, 6.45) is 3.37. The van der Waals surface area contributed by atoms with E-state index >= 15 is 0 Å². The Morgan fingerprint density at radius 3 is 2.54 bits per heavy atom. The number of hydrogen-bond donors (Lipinski definition) is 1. The molecule has 0 saturated heterocycles. The standard InChI is InChI=1S/C18H19N3O4S/c1-21-12-13(15-6-4-5-7-16(15)21)11-19-20-26(22,23)14-8-9-17(24-2)18(10-14)25-3/h4-12,20H,1-3H3/b19-11+. The predicted molar refractivity (Wildman–Crippen MR) is 100 cm³/mol. The molecule has 3 rings (SSSR count). The van der Waals surface area contributed by atoms with Crippen molar-refractivity contribution in [1.29, 1.82) is 0 Å². The zero-order chi connectivity index (χ0) is 18.7. The molecular weight excluding hydrogens is 354 g/mol. The maximum absolute atomic E-state index is 12.4. The molecule has 7 nitrogen and oxygen atoms in total. The first-order valence-corrected chi connectivity index (χ1v) is 9.25. The average molecular weight is 373 g/mol. The van der Waals surface area contributed by atoms with Gasteiger partial charge in [0, 0.05) is 35.8 Å². The van der Waals surface area contributed by atoms with Gasteiger partial charge >= 0.3 is 0 Å². The largest absolute Gasteiger partial charge is 0.493 e. The van der Waals surface area contributed by atoms with E-state index in [-0.39, 0.29) is 4.90 Å². The van der Waals surface area contributed by atoms with Crippen molar-refractivity contribution < 1.29 is 17.9 Å². The van der Waals surface area contributed by atoms with E-state index in [2.05, 4.69) is 9.93 Å². The lowest BCUT2D eigenvalue weighted by Gasteiger charge is -2.09. The molecule has 0 radical (unpaired) electrons. The Balaban J connectivity index is 1.85. The number of hydrazone groups is 1. The van der Waals surface area contributed by atoms with E-state index < -0.39 is 10.0 Å². The molecule has 0 unspecified atom stereocenters. The SMILES string of the molecule is COc1ccc(S(=O)(=O)N/N=C/c2cn(C)c3ccccc23)cc1OC. The lowest BCUT2D eigenvalue weighted by Crippen LogP contribution is -2.18. The van der Waals surface area contributed by atoms with Crippen LogP contribution in [0, 0.1) is 0 Å². The molecule has 0 amide bonds. The normalized spacial score (nSPS) is 11.8. The molecule has 136 valence electrons. The van der Waals surface area contributed by atoms with E-state index in [4.69, 9.17) is 9.47 Å². The van der Waals surface area contributed by atoms with Crippen molar-refractivity contribution in [3.05, 3.63) is 54.2 Å². The molecule has 8 heteroatoms. The molecule has 2 aromatic carbocycles. The van der Waals surface area contributed by atoms with Gasteiger partial charge in [-0.05, 0) is 18.2 Å². The van der Waals surface area contributed by atoms with E-state index in [0.717, 1.165) is 16.5 Å². The fourth-order valence-corrected chi connectivity index (χ4v) is 3.48. The summed E-state index contributed by atoms with van der Waals surface area (Å²) in [5, 5.41) is 4.89. The summed E-state index contributed by atoms with van der Waals surface area (Å²) < 4.78 is 37.1. The van der Waals surface area contributed by atoms with Crippen molar-refractivity contribution in [2.24, 2.45) is 12.1 Å². The highest BCUT2D eigenvalue weighted by molar-refractivity contribution is 7.89. The number of benzene rings is 2. The maximum atomic E-state index is 12.4. The highest BCUT2D eigenvalue weighted by atomic mass is 32.2. The lowest BCUT2D eigenvalue weighted by atomic mass is 10.2. The molecule has 0 aliphatic rings. The van der Waals surface area contributed by atoms with Crippen molar-refractivity contribution in [2.75, 3.05) is 14.2 Å². The van der Waals surface area contributed by atoms with Gasteiger partial charge in [0.05, 0.1) is 25.3 Å². The van der Waals surface area contributed by atoms with Crippen LogP contribution in [0.1, 0.15) is 5.56 Å². The minimum Gasteiger partial charge on any atom is -0.493 e. The quantitative estimate of drug-likeness (QED) is 0.532. The van der Waals surface area contributed by atoms with Crippen LogP contribution in [0.25, 0.3) is 10.9 Å². The van der Waals surface area contributed by atoms with Crippen molar-refractivity contribution >= 4 is 27.1 Å². The van der Waals surface area contributed by atoms with E-state index in [0.29, 0.717) is 11.5 Å². The molecule has 0 aliphatic heterocycles. The summed E-state index contributed by atoms with van der Waals surface area (Å²) in [5.74, 6) is 0.777. The Morgan fingerprint density at radius 1 is 1.08 bits per heavy atom. The summed E-state index contributed by atoms with van der Waals surface area (Å²) in [4.78, 5) is 2.26. The molecule has 1 heterocycles. The Morgan fingerprint density at radius 2 is 1.81 bits per heavy atom. The number of methoxy groups -OCH3 is 2. The number of nitrogens with zero attached hydrogens (tertiary/aromatic N) is 2. The van der Waals surface area contributed by atoms with E-state index in [1.165, 1.54) is 38.6 Å². The topological polar surface area (TPSA) is 81.9 Å². The van der Waals surface area contributed by atoms with Crippen LogP contribution < -0.4 is 14.3 Å². The molecule has 0 spiro atoms. The number of nitrogens with one attached hydrogen (secondary N) is 1. The summed E-state index contributed by atoms with van der Waals surface area (Å²) in [5.41, 5.74) is 1.86. The van der Waals surface area contributed by atoms with Crippen LogP contribution in [0.5, 0.6) is 11.5 Å². The van der Waals surface area contributed by atoms with Crippen LogP contribution in [0.4, 0.5) is 0 Å². The second kappa shape index (κ2) is 7.09. The number of fused-ring (bicyclic) bond motifs is 1. The first-order valence-electron chi connectivity index (χ1n) is 7.77. The number of hydrogen-bond acceptors (Lipinski definition) is 5. The van der Waals surface area contributed by atoms with Crippen LogP contribution in [-0.2, 0) is 17.1 Å². The van der Waals surface area contributed by atoms with Crippen molar-refractivity contribution in [3.8, 4) is 11.5 Å². The van der Waals surface area contributed by atoms with Crippen LogP contribution in [0.3, 0.4) is 0 Å². The Hall–Kier alpha value is -3.00. The molecule has 0 fully saturated rings. The number of ether oxygens (including phenoxy) is 2. The van der Waals surface area contributed by atoms with Crippen molar-refractivity contribution in [1.82, 2.24) is 9.40 Å². The number of para-hydroxylation sites is 1. The van der Waals surface area contributed by atoms with E-state index in [1.807, 2.05) is 42.1 Å². The first-order chi connectivity index (χ1) is 12.5. The van der Waals surface area contributed by atoms with Crippen LogP contribution in [0.15, 0.2) is 58.7 Å². The van der Waals surface area contributed by atoms with Gasteiger partial charge < -0.3 is 14.0 Å². The third-order valence-corrected chi connectivity index (χ3v) is 5.19. The molecule has 0 atom stereocenters. The van der Waals surface area contributed by atoms with Crippen molar-refractivity contribution in [3.63, 3.8) is 0 Å². The summed E-state index contributed by atoms with van der Waals surface area (Å²) in [6.45, 7) is 0. The number of aromatic nitrogens is 1. The Labute approximate surface area is 151 Å². The lowest BCUT2D eigenvalue weighted by molar-refractivity contribution is 0.354. The van der Waals surface area contributed by atoms with Gasteiger partial charge in [-0.2, -0.15) is 13.5 Å². The van der Waals surface area contributed by atoms with Crippen LogP contribution in [-0.4, -0.2) is 33.4 Å². The van der Waals surface area contributed by atoms with Crippen molar-refractivity contribution in [2.45, 2.75) is 4.90 Å². The third kappa shape index (κ3) is 3.36. The monoisotopic (exact) mass is 373 g/mol. The summed E-state index contributed by atoms with van der Waals surface area (Å²) in [6, 6.07) is 12.2. The minimum absolute atomic E-state index is 0.0326. The number of sulfonamides is 1. The second-order valence-electron chi connectivity index (χ2n) is 5.58. The van der Waals surface area contributed by atoms with Crippen LogP contribution in [0.2, 0.25) is 0 Å². The van der Waals surface area contributed by atoms with Gasteiger partial charge in [-0.25, -0.2) is 4.83 Å².